The first-order chi connectivity index (χ1) is 12.3. The minimum Gasteiger partial charge on any atom is -0.348 e. The standard InChI is InChI=1S/C17H25N3O4S2/c1-4-20(5-2)26(23,24)15-8-6-14(7-9-15)13(3)18-16(21)12-19-10-11-25-17(19)22/h6-9,13H,4-5,10-12H2,1-3H3,(H,18,21)/t13-/m0/s1. The van der Waals surface area contributed by atoms with Crippen molar-refractivity contribution in [2.24, 2.45) is 0 Å². The number of benzene rings is 1. The Labute approximate surface area is 159 Å². The average molecular weight is 400 g/mol. The fourth-order valence-corrected chi connectivity index (χ4v) is 5.04. The minimum atomic E-state index is -3.49. The van der Waals surface area contributed by atoms with Crippen molar-refractivity contribution in [2.45, 2.75) is 31.7 Å². The molecule has 1 heterocycles. The van der Waals surface area contributed by atoms with Gasteiger partial charge in [0.15, 0.2) is 0 Å². The first-order valence-electron chi connectivity index (χ1n) is 8.60. The van der Waals surface area contributed by atoms with Crippen LogP contribution >= 0.6 is 11.8 Å². The van der Waals surface area contributed by atoms with Crippen LogP contribution in [0.15, 0.2) is 29.2 Å². The molecule has 0 saturated carbocycles. The maximum Gasteiger partial charge on any atom is 0.282 e. The molecular formula is C17H25N3O4S2. The molecule has 0 radical (unpaired) electrons. The van der Waals surface area contributed by atoms with E-state index in [1.54, 1.807) is 38.1 Å². The van der Waals surface area contributed by atoms with Gasteiger partial charge in [0.2, 0.25) is 15.9 Å². The largest absolute Gasteiger partial charge is 0.348 e. The van der Waals surface area contributed by atoms with Gasteiger partial charge in [-0.3, -0.25) is 9.59 Å². The fraction of sp³-hybridized carbons (Fsp3) is 0.529. The van der Waals surface area contributed by atoms with Crippen LogP contribution in [0.4, 0.5) is 4.79 Å². The van der Waals surface area contributed by atoms with Crippen molar-refractivity contribution in [3.8, 4) is 0 Å². The van der Waals surface area contributed by atoms with Crippen LogP contribution in [0.3, 0.4) is 0 Å². The number of hydrogen-bond donors (Lipinski definition) is 1. The highest BCUT2D eigenvalue weighted by Crippen LogP contribution is 2.20. The topological polar surface area (TPSA) is 86.8 Å². The molecule has 0 unspecified atom stereocenters. The molecule has 26 heavy (non-hydrogen) atoms. The van der Waals surface area contributed by atoms with Crippen molar-refractivity contribution in [1.82, 2.24) is 14.5 Å². The summed E-state index contributed by atoms with van der Waals surface area (Å²) in [7, 11) is -3.49. The normalized spacial score (nSPS) is 16.2. The SMILES string of the molecule is CCN(CC)S(=O)(=O)c1ccc([C@H](C)NC(=O)CN2CCSC2=O)cc1. The number of nitrogens with one attached hydrogen (secondary N) is 1. The highest BCUT2D eigenvalue weighted by molar-refractivity contribution is 8.13. The van der Waals surface area contributed by atoms with Crippen LogP contribution in [0.25, 0.3) is 0 Å². The number of hydrogen-bond acceptors (Lipinski definition) is 5. The zero-order chi connectivity index (χ0) is 19.3. The van der Waals surface area contributed by atoms with E-state index in [9.17, 15) is 18.0 Å². The van der Waals surface area contributed by atoms with E-state index in [4.69, 9.17) is 0 Å². The monoisotopic (exact) mass is 399 g/mol. The van der Waals surface area contributed by atoms with Gasteiger partial charge in [-0.15, -0.1) is 0 Å². The molecule has 7 nitrogen and oxygen atoms in total. The lowest BCUT2D eigenvalue weighted by Gasteiger charge is -2.20. The van der Waals surface area contributed by atoms with Crippen LogP contribution < -0.4 is 5.32 Å². The van der Waals surface area contributed by atoms with Gasteiger partial charge in [-0.05, 0) is 24.6 Å². The molecule has 1 aliphatic rings. The van der Waals surface area contributed by atoms with E-state index < -0.39 is 10.0 Å². The Hall–Kier alpha value is -1.58. The van der Waals surface area contributed by atoms with E-state index in [1.165, 1.54) is 21.0 Å². The third-order valence-electron chi connectivity index (χ3n) is 4.28. The molecule has 1 N–H and O–H groups in total. The van der Waals surface area contributed by atoms with E-state index in [2.05, 4.69) is 5.32 Å². The number of carbonyl (C=O) groups excluding carboxylic acids is 2. The molecule has 1 saturated heterocycles. The van der Waals surface area contributed by atoms with Gasteiger partial charge in [-0.2, -0.15) is 4.31 Å². The van der Waals surface area contributed by atoms with Crippen molar-refractivity contribution in [1.29, 1.82) is 0 Å². The summed E-state index contributed by atoms with van der Waals surface area (Å²) in [5.74, 6) is 0.484. The summed E-state index contributed by atoms with van der Waals surface area (Å²) in [6.45, 7) is 6.90. The zero-order valence-corrected chi connectivity index (χ0v) is 16.9. The number of amides is 2. The van der Waals surface area contributed by atoms with Crippen molar-refractivity contribution in [3.63, 3.8) is 0 Å². The van der Waals surface area contributed by atoms with E-state index in [0.29, 0.717) is 25.4 Å². The van der Waals surface area contributed by atoms with Crippen molar-refractivity contribution in [3.05, 3.63) is 29.8 Å². The van der Waals surface area contributed by atoms with Crippen molar-refractivity contribution in [2.75, 3.05) is 31.9 Å². The third kappa shape index (κ3) is 4.77. The second-order valence-corrected chi connectivity index (χ2v) is 8.97. The third-order valence-corrected chi connectivity index (χ3v) is 7.24. The quantitative estimate of drug-likeness (QED) is 0.723. The Balaban J connectivity index is 2.01. The minimum absolute atomic E-state index is 0.0462. The second kappa shape index (κ2) is 8.88. The Kier molecular flexibility index (Phi) is 7.08. The molecule has 144 valence electrons. The summed E-state index contributed by atoms with van der Waals surface area (Å²) in [6, 6.07) is 6.26. The average Bonchev–Trinajstić information content (AvgIpc) is 3.00. The van der Waals surface area contributed by atoms with Crippen LogP contribution in [-0.4, -0.2) is 60.7 Å². The molecular weight excluding hydrogens is 374 g/mol. The Morgan fingerprint density at radius 3 is 2.38 bits per heavy atom. The number of nitrogens with zero attached hydrogens (tertiary/aromatic N) is 2. The van der Waals surface area contributed by atoms with E-state index in [1.807, 2.05) is 6.92 Å². The molecule has 1 aromatic rings. The Bertz CT molecular complexity index is 746. The number of thioether (sulfide) groups is 1. The maximum absolute atomic E-state index is 12.5. The molecule has 2 amide bonds. The van der Waals surface area contributed by atoms with Gasteiger partial charge in [0.25, 0.3) is 5.24 Å². The molecule has 1 aromatic carbocycles. The Morgan fingerprint density at radius 1 is 1.27 bits per heavy atom. The van der Waals surface area contributed by atoms with Gasteiger partial charge in [0.1, 0.15) is 6.54 Å². The summed E-state index contributed by atoms with van der Waals surface area (Å²) in [6.07, 6.45) is 0. The van der Waals surface area contributed by atoms with Gasteiger partial charge in [0.05, 0.1) is 10.9 Å². The molecule has 0 bridgehead atoms. The van der Waals surface area contributed by atoms with E-state index in [0.717, 1.165) is 5.56 Å². The number of rotatable bonds is 8. The molecule has 1 fully saturated rings. The molecule has 1 aliphatic heterocycles. The molecule has 0 spiro atoms. The second-order valence-electron chi connectivity index (χ2n) is 5.98. The number of sulfonamides is 1. The van der Waals surface area contributed by atoms with E-state index >= 15 is 0 Å². The van der Waals surface area contributed by atoms with Crippen LogP contribution in [0.1, 0.15) is 32.4 Å². The van der Waals surface area contributed by atoms with Crippen molar-refractivity contribution < 1.29 is 18.0 Å². The summed E-state index contributed by atoms with van der Waals surface area (Å²) < 4.78 is 26.4. The Morgan fingerprint density at radius 2 is 1.88 bits per heavy atom. The first-order valence-corrected chi connectivity index (χ1v) is 11.0. The zero-order valence-electron chi connectivity index (χ0n) is 15.3. The van der Waals surface area contributed by atoms with Gasteiger partial charge in [-0.1, -0.05) is 37.7 Å². The molecule has 1 atom stereocenters. The van der Waals surface area contributed by atoms with Crippen LogP contribution in [0.5, 0.6) is 0 Å². The molecule has 9 heteroatoms. The lowest BCUT2D eigenvalue weighted by molar-refractivity contribution is -0.122. The van der Waals surface area contributed by atoms with Crippen LogP contribution in [-0.2, 0) is 14.8 Å². The lowest BCUT2D eigenvalue weighted by atomic mass is 10.1. The lowest BCUT2D eigenvalue weighted by Crippen LogP contribution is -2.38. The van der Waals surface area contributed by atoms with Gasteiger partial charge < -0.3 is 10.2 Å². The smallest absolute Gasteiger partial charge is 0.282 e. The molecule has 0 aromatic heterocycles. The summed E-state index contributed by atoms with van der Waals surface area (Å²) in [5, 5.41) is 2.77. The van der Waals surface area contributed by atoms with Crippen molar-refractivity contribution >= 4 is 32.9 Å². The highest BCUT2D eigenvalue weighted by atomic mass is 32.2. The first kappa shape index (κ1) is 20.7. The summed E-state index contributed by atoms with van der Waals surface area (Å²) in [5.41, 5.74) is 0.805. The molecule has 2 rings (SSSR count). The maximum atomic E-state index is 12.5. The predicted octanol–water partition coefficient (Wildman–Crippen LogP) is 2.06. The van der Waals surface area contributed by atoms with Crippen LogP contribution in [0, 0.1) is 0 Å². The van der Waals surface area contributed by atoms with E-state index in [-0.39, 0.29) is 28.6 Å². The molecule has 0 aliphatic carbocycles. The predicted molar refractivity (Wildman–Crippen MR) is 103 cm³/mol. The summed E-state index contributed by atoms with van der Waals surface area (Å²) in [4.78, 5) is 25.4. The number of carbonyl (C=O) groups is 2. The fourth-order valence-electron chi connectivity index (χ4n) is 2.75. The van der Waals surface area contributed by atoms with Gasteiger partial charge in [-0.25, -0.2) is 8.42 Å². The van der Waals surface area contributed by atoms with Gasteiger partial charge >= 0.3 is 0 Å². The van der Waals surface area contributed by atoms with Crippen LogP contribution in [0.2, 0.25) is 0 Å². The van der Waals surface area contributed by atoms with Gasteiger partial charge in [0, 0.05) is 25.4 Å². The summed E-state index contributed by atoms with van der Waals surface area (Å²) >= 11 is 1.22. The highest BCUT2D eigenvalue weighted by Gasteiger charge is 2.24.